The van der Waals surface area contributed by atoms with Crippen molar-refractivity contribution in [2.75, 3.05) is 26.7 Å². The monoisotopic (exact) mass is 253 g/mol. The van der Waals surface area contributed by atoms with Crippen molar-refractivity contribution < 1.29 is 9.53 Å². The molecular formula is C11H19N5O2. The molecule has 7 nitrogen and oxygen atoms in total. The average molecular weight is 253 g/mol. The number of nitrogens with zero attached hydrogens (tertiary/aromatic N) is 4. The quantitative estimate of drug-likeness (QED) is 0.764. The van der Waals surface area contributed by atoms with E-state index in [1.165, 1.54) is 0 Å². The van der Waals surface area contributed by atoms with E-state index < -0.39 is 0 Å². The van der Waals surface area contributed by atoms with E-state index in [1.807, 2.05) is 18.9 Å². The molecule has 1 aromatic heterocycles. The second kappa shape index (κ2) is 5.92. The lowest BCUT2D eigenvalue weighted by Crippen LogP contribution is -2.45. The summed E-state index contributed by atoms with van der Waals surface area (Å²) in [7, 11) is 1.85. The van der Waals surface area contributed by atoms with Crippen LogP contribution < -0.4 is 5.32 Å². The van der Waals surface area contributed by atoms with Gasteiger partial charge < -0.3 is 15.0 Å². The van der Waals surface area contributed by atoms with E-state index in [4.69, 9.17) is 4.74 Å². The van der Waals surface area contributed by atoms with Crippen LogP contribution in [0.2, 0.25) is 0 Å². The van der Waals surface area contributed by atoms with Gasteiger partial charge in [0.15, 0.2) is 0 Å². The zero-order valence-corrected chi connectivity index (χ0v) is 10.8. The number of amides is 1. The van der Waals surface area contributed by atoms with Crippen molar-refractivity contribution in [1.82, 2.24) is 25.2 Å². The van der Waals surface area contributed by atoms with Gasteiger partial charge >= 0.3 is 0 Å². The van der Waals surface area contributed by atoms with Gasteiger partial charge in [0.1, 0.15) is 6.54 Å². The number of hydrogen-bond acceptors (Lipinski definition) is 5. The SMILES string of the molecule is CNCc1cn(CC(=O)N2CCOC(C)C2)nn1. The Bertz CT molecular complexity index is 406. The molecule has 0 saturated carbocycles. The van der Waals surface area contributed by atoms with Crippen molar-refractivity contribution in [1.29, 1.82) is 0 Å². The minimum atomic E-state index is 0.0612. The van der Waals surface area contributed by atoms with Crippen molar-refractivity contribution >= 4 is 5.91 Å². The van der Waals surface area contributed by atoms with Gasteiger partial charge in [-0.05, 0) is 14.0 Å². The summed E-state index contributed by atoms with van der Waals surface area (Å²) in [4.78, 5) is 13.9. The van der Waals surface area contributed by atoms with Gasteiger partial charge in [-0.1, -0.05) is 5.21 Å². The zero-order chi connectivity index (χ0) is 13.0. The molecule has 2 heterocycles. The summed E-state index contributed by atoms with van der Waals surface area (Å²) in [6, 6.07) is 0. The minimum Gasteiger partial charge on any atom is -0.375 e. The first-order valence-electron chi connectivity index (χ1n) is 6.12. The predicted octanol–water partition coefficient (Wildman–Crippen LogP) is -0.755. The Labute approximate surface area is 106 Å². The lowest BCUT2D eigenvalue weighted by atomic mass is 10.3. The van der Waals surface area contributed by atoms with Crippen molar-refractivity contribution in [2.45, 2.75) is 26.1 Å². The molecule has 1 saturated heterocycles. The number of morpholine rings is 1. The second-order valence-corrected chi connectivity index (χ2v) is 4.46. The fourth-order valence-corrected chi connectivity index (χ4v) is 1.96. The first kappa shape index (κ1) is 13.0. The summed E-state index contributed by atoms with van der Waals surface area (Å²) in [5.41, 5.74) is 0.834. The topological polar surface area (TPSA) is 72.3 Å². The highest BCUT2D eigenvalue weighted by atomic mass is 16.5. The first-order valence-corrected chi connectivity index (χ1v) is 6.12. The number of nitrogens with one attached hydrogen (secondary N) is 1. The molecule has 1 fully saturated rings. The van der Waals surface area contributed by atoms with Crippen molar-refractivity contribution in [3.05, 3.63) is 11.9 Å². The van der Waals surface area contributed by atoms with E-state index >= 15 is 0 Å². The van der Waals surface area contributed by atoms with Crippen LogP contribution in [0.3, 0.4) is 0 Å². The summed E-state index contributed by atoms with van der Waals surface area (Å²) in [6.45, 7) is 4.78. The Morgan fingerprint density at radius 1 is 1.67 bits per heavy atom. The lowest BCUT2D eigenvalue weighted by molar-refractivity contribution is -0.139. The Kier molecular flexibility index (Phi) is 4.27. The van der Waals surface area contributed by atoms with Gasteiger partial charge in [-0.25, -0.2) is 4.68 Å². The Morgan fingerprint density at radius 3 is 3.22 bits per heavy atom. The summed E-state index contributed by atoms with van der Waals surface area (Å²) in [5.74, 6) is 0.0612. The zero-order valence-electron chi connectivity index (χ0n) is 10.8. The van der Waals surface area contributed by atoms with Crippen LogP contribution in [0.1, 0.15) is 12.6 Å². The molecule has 0 aromatic carbocycles. The smallest absolute Gasteiger partial charge is 0.244 e. The predicted molar refractivity (Wildman–Crippen MR) is 64.8 cm³/mol. The number of hydrogen-bond donors (Lipinski definition) is 1. The fourth-order valence-electron chi connectivity index (χ4n) is 1.96. The molecule has 18 heavy (non-hydrogen) atoms. The van der Waals surface area contributed by atoms with Crippen LogP contribution in [0.4, 0.5) is 0 Å². The fraction of sp³-hybridized carbons (Fsp3) is 0.727. The number of ether oxygens (including phenoxy) is 1. The largest absolute Gasteiger partial charge is 0.375 e. The van der Waals surface area contributed by atoms with E-state index in [2.05, 4.69) is 15.6 Å². The third-order valence-corrected chi connectivity index (χ3v) is 2.84. The van der Waals surface area contributed by atoms with Crippen LogP contribution in [0.5, 0.6) is 0 Å². The summed E-state index contributed by atoms with van der Waals surface area (Å²) >= 11 is 0. The summed E-state index contributed by atoms with van der Waals surface area (Å²) < 4.78 is 6.99. The van der Waals surface area contributed by atoms with E-state index in [0.29, 0.717) is 26.2 Å². The van der Waals surface area contributed by atoms with E-state index in [9.17, 15) is 4.79 Å². The maximum atomic E-state index is 12.0. The molecule has 1 amide bonds. The van der Waals surface area contributed by atoms with Crippen molar-refractivity contribution in [3.63, 3.8) is 0 Å². The third-order valence-electron chi connectivity index (χ3n) is 2.84. The number of rotatable bonds is 4. The highest BCUT2D eigenvalue weighted by Gasteiger charge is 2.21. The Morgan fingerprint density at radius 2 is 2.50 bits per heavy atom. The molecule has 100 valence electrons. The number of aromatic nitrogens is 3. The van der Waals surface area contributed by atoms with Crippen LogP contribution >= 0.6 is 0 Å². The van der Waals surface area contributed by atoms with Crippen LogP contribution in [0, 0.1) is 0 Å². The van der Waals surface area contributed by atoms with Crippen molar-refractivity contribution in [2.24, 2.45) is 0 Å². The molecule has 1 N–H and O–H groups in total. The molecule has 0 spiro atoms. The minimum absolute atomic E-state index is 0.0612. The normalized spacial score (nSPS) is 20.1. The van der Waals surface area contributed by atoms with Gasteiger partial charge in [0.2, 0.25) is 5.91 Å². The second-order valence-electron chi connectivity index (χ2n) is 4.46. The molecule has 1 atom stereocenters. The van der Waals surface area contributed by atoms with Gasteiger partial charge in [-0.3, -0.25) is 4.79 Å². The van der Waals surface area contributed by atoms with E-state index in [-0.39, 0.29) is 18.6 Å². The van der Waals surface area contributed by atoms with Crippen LogP contribution in [0.25, 0.3) is 0 Å². The molecule has 1 aliphatic rings. The molecule has 2 rings (SSSR count). The summed E-state index contributed by atoms with van der Waals surface area (Å²) in [6.07, 6.45) is 1.90. The summed E-state index contributed by atoms with van der Waals surface area (Å²) in [5, 5.41) is 10.9. The van der Waals surface area contributed by atoms with Gasteiger partial charge in [0.25, 0.3) is 0 Å². The maximum Gasteiger partial charge on any atom is 0.244 e. The lowest BCUT2D eigenvalue weighted by Gasteiger charge is -2.31. The van der Waals surface area contributed by atoms with Crippen molar-refractivity contribution in [3.8, 4) is 0 Å². The van der Waals surface area contributed by atoms with Crippen LogP contribution in [0.15, 0.2) is 6.20 Å². The standard InChI is InChI=1S/C11H19N5O2/c1-9-6-15(3-4-18-9)11(17)8-16-7-10(5-12-2)13-14-16/h7,9,12H,3-6,8H2,1-2H3. The van der Waals surface area contributed by atoms with E-state index in [1.54, 1.807) is 10.9 Å². The average Bonchev–Trinajstić information content (AvgIpc) is 2.77. The molecular weight excluding hydrogens is 234 g/mol. The highest BCUT2D eigenvalue weighted by molar-refractivity contribution is 5.76. The molecule has 1 aromatic rings. The van der Waals surface area contributed by atoms with Gasteiger partial charge in [-0.15, -0.1) is 5.10 Å². The van der Waals surface area contributed by atoms with E-state index in [0.717, 1.165) is 5.69 Å². The molecule has 0 bridgehead atoms. The Balaban J connectivity index is 1.89. The van der Waals surface area contributed by atoms with Crippen LogP contribution in [-0.4, -0.2) is 58.6 Å². The molecule has 1 aliphatic heterocycles. The number of carbonyl (C=O) groups excluding carboxylic acids is 1. The third kappa shape index (κ3) is 3.27. The molecule has 7 heteroatoms. The first-order chi connectivity index (χ1) is 8.69. The molecule has 0 radical (unpaired) electrons. The Hall–Kier alpha value is -1.47. The van der Waals surface area contributed by atoms with Gasteiger partial charge in [0.05, 0.1) is 24.6 Å². The van der Waals surface area contributed by atoms with Crippen LogP contribution in [-0.2, 0) is 22.6 Å². The number of carbonyl (C=O) groups is 1. The molecule has 1 unspecified atom stereocenters. The van der Waals surface area contributed by atoms with Gasteiger partial charge in [-0.2, -0.15) is 0 Å². The maximum absolute atomic E-state index is 12.0. The molecule has 0 aliphatic carbocycles. The highest BCUT2D eigenvalue weighted by Crippen LogP contribution is 2.05. The van der Waals surface area contributed by atoms with Gasteiger partial charge in [0, 0.05) is 19.6 Å².